The molecule has 0 aliphatic carbocycles. The Balaban J connectivity index is 0.000000605. The van der Waals surface area contributed by atoms with Crippen molar-refractivity contribution in [3.05, 3.63) is 29.5 Å². The van der Waals surface area contributed by atoms with Gasteiger partial charge in [0, 0.05) is 6.07 Å². The van der Waals surface area contributed by atoms with E-state index >= 15 is 0 Å². The highest BCUT2D eigenvalue weighted by Gasteiger charge is 1.95. The molecule has 1 aromatic heterocycles. The molecule has 0 amide bonds. The summed E-state index contributed by atoms with van der Waals surface area (Å²) < 4.78 is 13.5. The maximum Gasteiger partial charge on any atom is 0.125 e. The fraction of sp³-hybridized carbons (Fsp3) is 0. The minimum absolute atomic E-state index is 0. The summed E-state index contributed by atoms with van der Waals surface area (Å²) >= 11 is 1.52. The molecule has 66 valence electrons. The quantitative estimate of drug-likeness (QED) is 0.720. The first kappa shape index (κ1) is 11.3. The summed E-state index contributed by atoms with van der Waals surface area (Å²) in [4.78, 5) is 3.96. The van der Waals surface area contributed by atoms with E-state index < -0.39 is 0 Å². The van der Waals surface area contributed by atoms with Crippen LogP contribution in [0.2, 0.25) is 0 Å². The second-order valence-corrected chi connectivity index (χ2v) is 2.85. The number of halogens is 2. The van der Waals surface area contributed by atoms with Crippen LogP contribution in [-0.2, 0) is 0 Å². The Bertz CT molecular complexity index is 363. The Kier molecular flexibility index (Phi) is 4.09. The van der Waals surface area contributed by atoms with E-state index in [0.29, 0.717) is 0 Å². The molecule has 0 bridgehead atoms. The van der Waals surface area contributed by atoms with Crippen LogP contribution in [0.5, 0.6) is 0 Å². The van der Waals surface area contributed by atoms with E-state index in [1.807, 2.05) is 0 Å². The lowest BCUT2D eigenvalue weighted by atomic mass is 10.3. The average Bonchev–Trinajstić information content (AvgIpc) is 2.33. The standard InChI is InChI=1S/C7H4FNS.ClH.H3N/c8-5-1-2-7-6(3-5)9-4-10-7;;/h1-4H;1H;1H3. The third kappa shape index (κ3) is 1.91. The first-order valence-electron chi connectivity index (χ1n) is 2.85. The van der Waals surface area contributed by atoms with Gasteiger partial charge in [-0.3, -0.25) is 0 Å². The number of fused-ring (bicyclic) bond motifs is 1. The summed E-state index contributed by atoms with van der Waals surface area (Å²) in [5.74, 6) is -0.224. The van der Waals surface area contributed by atoms with Crippen molar-refractivity contribution in [3.63, 3.8) is 0 Å². The zero-order valence-corrected chi connectivity index (χ0v) is 7.79. The predicted molar refractivity (Wildman–Crippen MR) is 51.8 cm³/mol. The van der Waals surface area contributed by atoms with Crippen LogP contribution in [0.3, 0.4) is 0 Å². The first-order valence-corrected chi connectivity index (χ1v) is 3.73. The molecule has 0 saturated carbocycles. The predicted octanol–water partition coefficient (Wildman–Crippen LogP) is 3.02. The van der Waals surface area contributed by atoms with Gasteiger partial charge in [0.1, 0.15) is 5.82 Å². The molecular weight excluding hydrogens is 199 g/mol. The molecule has 2 rings (SSSR count). The van der Waals surface area contributed by atoms with E-state index in [0.717, 1.165) is 10.2 Å². The zero-order valence-electron chi connectivity index (χ0n) is 6.16. The van der Waals surface area contributed by atoms with Crippen LogP contribution in [0.15, 0.2) is 23.7 Å². The van der Waals surface area contributed by atoms with Crippen molar-refractivity contribution < 1.29 is 4.39 Å². The second-order valence-electron chi connectivity index (χ2n) is 1.96. The van der Waals surface area contributed by atoms with Crippen LogP contribution in [0, 0.1) is 5.82 Å². The van der Waals surface area contributed by atoms with Gasteiger partial charge in [-0.05, 0) is 12.1 Å². The van der Waals surface area contributed by atoms with Crippen molar-refractivity contribution in [1.29, 1.82) is 0 Å². The van der Waals surface area contributed by atoms with E-state index in [1.54, 1.807) is 11.6 Å². The normalized spacial score (nSPS) is 8.75. The smallest absolute Gasteiger partial charge is 0.125 e. The van der Waals surface area contributed by atoms with Gasteiger partial charge >= 0.3 is 0 Å². The summed E-state index contributed by atoms with van der Waals surface area (Å²) in [7, 11) is 0. The minimum Gasteiger partial charge on any atom is -0.344 e. The van der Waals surface area contributed by atoms with Crippen LogP contribution < -0.4 is 6.15 Å². The van der Waals surface area contributed by atoms with Crippen molar-refractivity contribution in [2.45, 2.75) is 0 Å². The summed E-state index contributed by atoms with van der Waals surface area (Å²) in [5.41, 5.74) is 2.45. The molecule has 0 atom stereocenters. The van der Waals surface area contributed by atoms with E-state index in [-0.39, 0.29) is 24.4 Å². The zero-order chi connectivity index (χ0) is 6.97. The molecule has 2 nitrogen and oxygen atoms in total. The van der Waals surface area contributed by atoms with Gasteiger partial charge in [-0.2, -0.15) is 0 Å². The number of hydrogen-bond acceptors (Lipinski definition) is 3. The second kappa shape index (κ2) is 4.35. The van der Waals surface area contributed by atoms with E-state index in [1.165, 1.54) is 23.5 Å². The van der Waals surface area contributed by atoms with Crippen LogP contribution in [0.1, 0.15) is 0 Å². The maximum absolute atomic E-state index is 12.5. The Morgan fingerprint density at radius 1 is 1.33 bits per heavy atom. The van der Waals surface area contributed by atoms with Crippen LogP contribution in [0.4, 0.5) is 4.39 Å². The van der Waals surface area contributed by atoms with Gasteiger partial charge in [-0.25, -0.2) is 9.37 Å². The van der Waals surface area contributed by atoms with Crippen LogP contribution in [-0.4, -0.2) is 4.98 Å². The molecule has 2 aromatic rings. The lowest BCUT2D eigenvalue weighted by Gasteiger charge is -1.85. The largest absolute Gasteiger partial charge is 0.344 e. The molecule has 12 heavy (non-hydrogen) atoms. The fourth-order valence-electron chi connectivity index (χ4n) is 0.831. The summed E-state index contributed by atoms with van der Waals surface area (Å²) in [6, 6.07) is 4.62. The third-order valence-electron chi connectivity index (χ3n) is 1.29. The molecule has 0 unspecified atom stereocenters. The van der Waals surface area contributed by atoms with E-state index in [4.69, 9.17) is 0 Å². The number of hydrogen-bond donors (Lipinski definition) is 1. The minimum atomic E-state index is -0.224. The molecule has 1 aromatic carbocycles. The molecule has 0 fully saturated rings. The summed E-state index contributed by atoms with van der Waals surface area (Å²) in [6.45, 7) is 0. The van der Waals surface area contributed by atoms with Gasteiger partial charge in [0.2, 0.25) is 0 Å². The van der Waals surface area contributed by atoms with Crippen molar-refractivity contribution >= 4 is 34.0 Å². The Morgan fingerprint density at radius 3 is 2.83 bits per heavy atom. The van der Waals surface area contributed by atoms with Crippen LogP contribution in [0.25, 0.3) is 10.2 Å². The van der Waals surface area contributed by atoms with E-state index in [2.05, 4.69) is 4.98 Å². The third-order valence-corrected chi connectivity index (χ3v) is 2.10. The summed E-state index contributed by atoms with van der Waals surface area (Å²) in [6.07, 6.45) is 0. The van der Waals surface area contributed by atoms with Gasteiger partial charge in [0.25, 0.3) is 0 Å². The molecule has 0 saturated heterocycles. The van der Waals surface area contributed by atoms with Gasteiger partial charge < -0.3 is 6.15 Å². The van der Waals surface area contributed by atoms with Gasteiger partial charge in [-0.15, -0.1) is 23.7 Å². The lowest BCUT2D eigenvalue weighted by molar-refractivity contribution is 0.629. The Morgan fingerprint density at radius 2 is 2.08 bits per heavy atom. The highest BCUT2D eigenvalue weighted by Crippen LogP contribution is 2.17. The number of thiazole rings is 1. The van der Waals surface area contributed by atoms with Gasteiger partial charge in [0.05, 0.1) is 15.7 Å². The number of nitrogens with zero attached hydrogens (tertiary/aromatic N) is 1. The SMILES string of the molecule is Cl.Fc1ccc2scnc2c1.N. The van der Waals surface area contributed by atoms with Gasteiger partial charge in [0.15, 0.2) is 0 Å². The molecular formula is C7H8ClFN2S. The molecule has 5 heteroatoms. The molecule has 0 aliphatic rings. The number of aromatic nitrogens is 1. The fourth-order valence-corrected chi connectivity index (χ4v) is 1.49. The molecule has 0 spiro atoms. The number of rotatable bonds is 0. The maximum atomic E-state index is 12.5. The van der Waals surface area contributed by atoms with Crippen LogP contribution >= 0.6 is 23.7 Å². The van der Waals surface area contributed by atoms with Crippen molar-refractivity contribution in [3.8, 4) is 0 Å². The van der Waals surface area contributed by atoms with Crippen molar-refractivity contribution in [2.75, 3.05) is 0 Å². The lowest BCUT2D eigenvalue weighted by Crippen LogP contribution is -1.70. The molecule has 1 heterocycles. The highest BCUT2D eigenvalue weighted by atomic mass is 35.5. The number of benzene rings is 1. The van der Waals surface area contributed by atoms with Crippen molar-refractivity contribution in [1.82, 2.24) is 11.1 Å². The Hall–Kier alpha value is -0.710. The van der Waals surface area contributed by atoms with Gasteiger partial charge in [-0.1, -0.05) is 0 Å². The topological polar surface area (TPSA) is 47.9 Å². The Labute approximate surface area is 79.4 Å². The average molecular weight is 207 g/mol. The first-order chi connectivity index (χ1) is 4.86. The molecule has 0 aliphatic heterocycles. The highest BCUT2D eigenvalue weighted by molar-refractivity contribution is 7.16. The van der Waals surface area contributed by atoms with E-state index in [9.17, 15) is 4.39 Å². The van der Waals surface area contributed by atoms with Crippen molar-refractivity contribution in [2.24, 2.45) is 0 Å². The molecule has 0 radical (unpaired) electrons. The molecule has 3 N–H and O–H groups in total. The summed E-state index contributed by atoms with van der Waals surface area (Å²) in [5, 5.41) is 0. The monoisotopic (exact) mass is 206 g/mol.